The predicted octanol–water partition coefficient (Wildman–Crippen LogP) is 3.03. The lowest BCUT2D eigenvalue weighted by Crippen LogP contribution is -2.11. The highest BCUT2D eigenvalue weighted by Crippen LogP contribution is 2.31. The minimum absolute atomic E-state index is 0.179. The zero-order valence-electron chi connectivity index (χ0n) is 10.9. The first-order chi connectivity index (χ1) is 9.99. The molecule has 0 amide bonds. The summed E-state index contributed by atoms with van der Waals surface area (Å²) in [5.41, 5.74) is -0.519. The molecule has 0 fully saturated rings. The van der Waals surface area contributed by atoms with Crippen LogP contribution in [-0.2, 0) is 0 Å². The Bertz CT molecular complexity index is 699. The Morgan fingerprint density at radius 1 is 1.24 bits per heavy atom. The Labute approximate surface area is 123 Å². The van der Waals surface area contributed by atoms with Gasteiger partial charge in [0.15, 0.2) is 0 Å². The van der Waals surface area contributed by atoms with Gasteiger partial charge in [0.05, 0.1) is 22.1 Å². The van der Waals surface area contributed by atoms with Crippen LogP contribution in [0.2, 0.25) is 0 Å². The fraction of sp³-hybridized carbons (Fsp3) is 0.0833. The molecule has 0 aliphatic rings. The van der Waals surface area contributed by atoms with Crippen LogP contribution in [0.15, 0.2) is 40.8 Å². The molecule has 8 nitrogen and oxygen atoms in total. The molecular formula is C12H10N4O4S. The maximum Gasteiger partial charge on any atom is 0.301 e. The minimum atomic E-state index is -0.675. The largest absolute Gasteiger partial charge is 0.301 e. The summed E-state index contributed by atoms with van der Waals surface area (Å²) in [6.07, 6.45) is 1.57. The minimum Gasteiger partial charge on any atom is -0.262 e. The number of benzene rings is 1. The molecule has 0 unspecified atom stereocenters. The molecule has 9 heteroatoms. The van der Waals surface area contributed by atoms with Crippen LogP contribution in [0.3, 0.4) is 0 Å². The molecule has 0 spiro atoms. The molecule has 0 bridgehead atoms. The van der Waals surface area contributed by atoms with Gasteiger partial charge in [0.1, 0.15) is 5.69 Å². The van der Waals surface area contributed by atoms with E-state index in [2.05, 4.69) is 5.10 Å². The van der Waals surface area contributed by atoms with Crippen molar-refractivity contribution in [3.05, 3.63) is 60.8 Å². The van der Waals surface area contributed by atoms with Gasteiger partial charge in [-0.3, -0.25) is 25.2 Å². The van der Waals surface area contributed by atoms with Crippen LogP contribution >= 0.6 is 11.3 Å². The van der Waals surface area contributed by atoms with E-state index in [-0.39, 0.29) is 17.1 Å². The third kappa shape index (κ3) is 3.39. The van der Waals surface area contributed by atoms with E-state index in [0.717, 1.165) is 10.9 Å². The molecule has 1 heterocycles. The number of nitro benzene ring substituents is 2. The van der Waals surface area contributed by atoms with Crippen LogP contribution in [0.25, 0.3) is 0 Å². The fourth-order valence-electron chi connectivity index (χ4n) is 1.62. The number of hydrazone groups is 1. The molecule has 21 heavy (non-hydrogen) atoms. The van der Waals surface area contributed by atoms with E-state index in [9.17, 15) is 20.2 Å². The summed E-state index contributed by atoms with van der Waals surface area (Å²) in [6, 6.07) is 7.15. The highest BCUT2D eigenvalue weighted by Gasteiger charge is 2.21. The number of nitro groups is 2. The van der Waals surface area contributed by atoms with Crippen LogP contribution in [-0.4, -0.2) is 23.1 Å². The van der Waals surface area contributed by atoms with Crippen molar-refractivity contribution >= 4 is 34.6 Å². The zero-order chi connectivity index (χ0) is 15.4. The lowest BCUT2D eigenvalue weighted by Gasteiger charge is -2.12. The van der Waals surface area contributed by atoms with E-state index in [4.69, 9.17) is 0 Å². The molecule has 108 valence electrons. The molecule has 0 saturated carbocycles. The number of non-ortho nitro benzene ring substituents is 1. The Morgan fingerprint density at radius 3 is 2.57 bits per heavy atom. The molecule has 0 atom stereocenters. The molecule has 0 N–H and O–H groups in total. The molecule has 0 radical (unpaired) electrons. The van der Waals surface area contributed by atoms with Crippen molar-refractivity contribution in [1.29, 1.82) is 0 Å². The van der Waals surface area contributed by atoms with Crippen molar-refractivity contribution in [3.63, 3.8) is 0 Å². The first-order valence-corrected chi connectivity index (χ1v) is 6.61. The number of rotatable bonds is 5. The summed E-state index contributed by atoms with van der Waals surface area (Å²) < 4.78 is 0. The van der Waals surface area contributed by atoms with E-state index >= 15 is 0 Å². The van der Waals surface area contributed by atoms with Crippen LogP contribution in [0, 0.1) is 20.2 Å². The SMILES string of the molecule is CN(/N=C\c1cccs1)c1ccc([N+](=O)[O-])cc1[N+](=O)[O-]. The van der Waals surface area contributed by atoms with Crippen LogP contribution < -0.4 is 5.01 Å². The third-order valence-electron chi connectivity index (χ3n) is 2.62. The van der Waals surface area contributed by atoms with Gasteiger partial charge in [0, 0.05) is 18.0 Å². The van der Waals surface area contributed by atoms with Crippen molar-refractivity contribution in [1.82, 2.24) is 0 Å². The van der Waals surface area contributed by atoms with Crippen molar-refractivity contribution in [2.45, 2.75) is 0 Å². The maximum absolute atomic E-state index is 11.0. The Balaban J connectivity index is 2.33. The quantitative estimate of drug-likeness (QED) is 0.480. The number of thiophene rings is 1. The van der Waals surface area contributed by atoms with Crippen molar-refractivity contribution in [2.75, 3.05) is 12.1 Å². The smallest absolute Gasteiger partial charge is 0.262 e. The number of hydrogen-bond acceptors (Lipinski definition) is 7. The lowest BCUT2D eigenvalue weighted by molar-refractivity contribution is -0.393. The van der Waals surface area contributed by atoms with Gasteiger partial charge in [-0.2, -0.15) is 5.10 Å². The summed E-state index contributed by atoms with van der Waals surface area (Å²) in [4.78, 5) is 21.3. The summed E-state index contributed by atoms with van der Waals surface area (Å²) in [6.45, 7) is 0. The maximum atomic E-state index is 11.0. The highest BCUT2D eigenvalue weighted by molar-refractivity contribution is 7.11. The van der Waals surface area contributed by atoms with Gasteiger partial charge in [0.2, 0.25) is 0 Å². The van der Waals surface area contributed by atoms with Crippen molar-refractivity contribution in [2.24, 2.45) is 5.10 Å². The number of hydrogen-bond donors (Lipinski definition) is 0. The van der Waals surface area contributed by atoms with E-state index < -0.39 is 9.85 Å². The number of anilines is 1. The van der Waals surface area contributed by atoms with Crippen LogP contribution in [0.5, 0.6) is 0 Å². The lowest BCUT2D eigenvalue weighted by atomic mass is 10.2. The standard InChI is InChI=1S/C12H10N4O4S/c1-14(13-8-10-3-2-6-21-10)11-5-4-9(15(17)18)7-12(11)16(19)20/h2-8H,1H3/b13-8-. The molecule has 2 rings (SSSR count). The van der Waals surface area contributed by atoms with Gasteiger partial charge in [-0.15, -0.1) is 11.3 Å². The number of nitrogens with zero attached hydrogens (tertiary/aromatic N) is 4. The first kappa shape index (κ1) is 14.6. The Hall–Kier alpha value is -2.81. The molecule has 0 saturated heterocycles. The second-order valence-electron chi connectivity index (χ2n) is 3.97. The monoisotopic (exact) mass is 306 g/mol. The zero-order valence-corrected chi connectivity index (χ0v) is 11.7. The molecule has 1 aromatic carbocycles. The third-order valence-corrected chi connectivity index (χ3v) is 3.42. The summed E-state index contributed by atoms with van der Waals surface area (Å²) >= 11 is 1.48. The first-order valence-electron chi connectivity index (χ1n) is 5.73. The second-order valence-corrected chi connectivity index (χ2v) is 4.95. The molecule has 2 aromatic rings. The second kappa shape index (κ2) is 6.09. The summed E-state index contributed by atoms with van der Waals surface area (Å²) in [7, 11) is 1.54. The topological polar surface area (TPSA) is 102 Å². The van der Waals surface area contributed by atoms with Crippen LogP contribution in [0.4, 0.5) is 17.1 Å². The Morgan fingerprint density at radius 2 is 2.00 bits per heavy atom. The molecule has 0 aliphatic carbocycles. The highest BCUT2D eigenvalue weighted by atomic mass is 32.1. The van der Waals surface area contributed by atoms with E-state index in [1.807, 2.05) is 17.5 Å². The van der Waals surface area contributed by atoms with Gasteiger partial charge in [0.25, 0.3) is 5.69 Å². The molecular weight excluding hydrogens is 296 g/mol. The normalized spacial score (nSPS) is 10.7. The van der Waals surface area contributed by atoms with Gasteiger partial charge in [-0.05, 0) is 17.5 Å². The van der Waals surface area contributed by atoms with E-state index in [0.29, 0.717) is 0 Å². The van der Waals surface area contributed by atoms with Crippen molar-refractivity contribution < 1.29 is 9.85 Å². The van der Waals surface area contributed by atoms with Gasteiger partial charge in [-0.25, -0.2) is 0 Å². The average Bonchev–Trinajstić information content (AvgIpc) is 2.97. The van der Waals surface area contributed by atoms with Gasteiger partial charge in [-0.1, -0.05) is 6.07 Å². The average molecular weight is 306 g/mol. The fourth-order valence-corrected chi connectivity index (χ4v) is 2.20. The molecule has 1 aromatic heterocycles. The van der Waals surface area contributed by atoms with E-state index in [1.165, 1.54) is 35.5 Å². The summed E-state index contributed by atoms with van der Waals surface area (Å²) in [5, 5.41) is 29.0. The summed E-state index contributed by atoms with van der Waals surface area (Å²) in [5.74, 6) is 0. The van der Waals surface area contributed by atoms with Crippen LogP contribution in [0.1, 0.15) is 4.88 Å². The predicted molar refractivity (Wildman–Crippen MR) is 80.1 cm³/mol. The Kier molecular flexibility index (Phi) is 4.24. The van der Waals surface area contributed by atoms with Gasteiger partial charge >= 0.3 is 5.69 Å². The van der Waals surface area contributed by atoms with Crippen molar-refractivity contribution in [3.8, 4) is 0 Å². The van der Waals surface area contributed by atoms with Gasteiger partial charge < -0.3 is 0 Å². The molecule has 0 aliphatic heterocycles. The van der Waals surface area contributed by atoms with E-state index in [1.54, 1.807) is 6.21 Å².